The van der Waals surface area contributed by atoms with Crippen LogP contribution in [-0.2, 0) is 0 Å². The van der Waals surface area contributed by atoms with Gasteiger partial charge in [-0.25, -0.2) is 0 Å². The van der Waals surface area contributed by atoms with E-state index < -0.39 is 4.92 Å². The molecule has 0 unspecified atom stereocenters. The van der Waals surface area contributed by atoms with E-state index in [0.717, 1.165) is 0 Å². The Labute approximate surface area is 73.5 Å². The summed E-state index contributed by atoms with van der Waals surface area (Å²) < 4.78 is 4.71. The van der Waals surface area contributed by atoms with Crippen LogP contribution >= 0.6 is 0 Å². The minimum atomic E-state index is -0.662. The van der Waals surface area contributed by atoms with Crippen LogP contribution in [0.25, 0.3) is 0 Å². The third-order valence-electron chi connectivity index (χ3n) is 1.36. The molecule has 0 aliphatic rings. The van der Waals surface area contributed by atoms with E-state index in [9.17, 15) is 10.1 Å². The Morgan fingerprint density at radius 2 is 2.38 bits per heavy atom. The number of ether oxygens (including phenoxy) is 1. The summed E-state index contributed by atoms with van der Waals surface area (Å²) in [5.74, 6) is 0.183. The highest BCUT2D eigenvalue weighted by Crippen LogP contribution is 2.18. The van der Waals surface area contributed by atoms with E-state index in [1.807, 2.05) is 0 Å². The number of aromatic nitrogens is 1. The van der Waals surface area contributed by atoms with Gasteiger partial charge in [-0.2, -0.15) is 10.2 Å². The van der Waals surface area contributed by atoms with Crippen molar-refractivity contribution in [2.24, 2.45) is 0 Å². The van der Waals surface area contributed by atoms with Crippen LogP contribution in [0.5, 0.6) is 5.88 Å². The van der Waals surface area contributed by atoms with E-state index in [0.29, 0.717) is 0 Å². The number of methoxy groups -OCH3 is 1. The second kappa shape index (κ2) is 3.49. The number of nitriles is 1. The molecule has 0 aromatic carbocycles. The third-order valence-corrected chi connectivity index (χ3v) is 1.36. The van der Waals surface area contributed by atoms with Gasteiger partial charge < -0.3 is 4.74 Å². The van der Waals surface area contributed by atoms with Gasteiger partial charge in [-0.05, 0) is 0 Å². The van der Waals surface area contributed by atoms with E-state index in [1.54, 1.807) is 6.07 Å². The lowest BCUT2D eigenvalue weighted by Crippen LogP contribution is -1.96. The molecule has 1 heterocycles. The van der Waals surface area contributed by atoms with Crippen LogP contribution in [0, 0.1) is 21.4 Å². The van der Waals surface area contributed by atoms with E-state index in [-0.39, 0.29) is 17.3 Å². The lowest BCUT2D eigenvalue weighted by atomic mass is 10.3. The first-order valence-electron chi connectivity index (χ1n) is 3.28. The second-order valence-corrected chi connectivity index (χ2v) is 2.09. The molecule has 1 rings (SSSR count). The van der Waals surface area contributed by atoms with Gasteiger partial charge in [0, 0.05) is 12.1 Å². The molecule has 0 aliphatic heterocycles. The quantitative estimate of drug-likeness (QED) is 0.496. The molecule has 0 aliphatic carbocycles. The van der Waals surface area contributed by atoms with Gasteiger partial charge in [0.1, 0.15) is 6.07 Å². The van der Waals surface area contributed by atoms with Gasteiger partial charge in [0.2, 0.25) is 11.6 Å². The maximum absolute atomic E-state index is 10.4. The van der Waals surface area contributed by atoms with Gasteiger partial charge in [0.25, 0.3) is 0 Å². The van der Waals surface area contributed by atoms with Crippen molar-refractivity contribution in [2.75, 3.05) is 7.11 Å². The number of hydrogen-bond donors (Lipinski definition) is 0. The Balaban J connectivity index is 3.26. The number of nitrogens with zero attached hydrogens (tertiary/aromatic N) is 3. The SMILES string of the molecule is COc1ccc([N+](=O)[O-])c(C#N)n1. The van der Waals surface area contributed by atoms with Crippen LogP contribution in [0.4, 0.5) is 5.69 Å². The second-order valence-electron chi connectivity index (χ2n) is 2.09. The zero-order valence-corrected chi connectivity index (χ0v) is 6.72. The summed E-state index contributed by atoms with van der Waals surface area (Å²) >= 11 is 0. The molecule has 0 spiro atoms. The molecular weight excluding hydrogens is 174 g/mol. The highest BCUT2D eigenvalue weighted by molar-refractivity contribution is 5.45. The van der Waals surface area contributed by atoms with Gasteiger partial charge in [-0.3, -0.25) is 10.1 Å². The first kappa shape index (κ1) is 8.93. The molecule has 0 atom stereocenters. The van der Waals surface area contributed by atoms with Gasteiger partial charge in [0.15, 0.2) is 0 Å². The summed E-state index contributed by atoms with van der Waals surface area (Å²) in [6.07, 6.45) is 0. The number of pyridine rings is 1. The zero-order valence-electron chi connectivity index (χ0n) is 6.72. The van der Waals surface area contributed by atoms with Crippen molar-refractivity contribution in [3.05, 3.63) is 27.9 Å². The fraction of sp³-hybridized carbons (Fsp3) is 0.143. The maximum Gasteiger partial charge on any atom is 0.305 e. The first-order chi connectivity index (χ1) is 6.19. The Morgan fingerprint density at radius 3 is 2.85 bits per heavy atom. The fourth-order valence-electron chi connectivity index (χ4n) is 0.777. The number of rotatable bonds is 2. The lowest BCUT2D eigenvalue weighted by Gasteiger charge is -1.97. The monoisotopic (exact) mass is 179 g/mol. The van der Waals surface area contributed by atoms with E-state index in [4.69, 9.17) is 10.00 Å². The fourth-order valence-corrected chi connectivity index (χ4v) is 0.777. The summed E-state index contributed by atoms with van der Waals surface area (Å²) in [5, 5.41) is 18.9. The molecule has 0 saturated carbocycles. The summed E-state index contributed by atoms with van der Waals surface area (Å²) in [7, 11) is 1.37. The van der Waals surface area contributed by atoms with Crippen molar-refractivity contribution >= 4 is 5.69 Å². The Bertz CT molecular complexity index is 383. The molecule has 0 bridgehead atoms. The highest BCUT2D eigenvalue weighted by Gasteiger charge is 2.15. The summed E-state index contributed by atoms with van der Waals surface area (Å²) in [4.78, 5) is 13.3. The van der Waals surface area contributed by atoms with Crippen molar-refractivity contribution in [3.63, 3.8) is 0 Å². The first-order valence-corrected chi connectivity index (χ1v) is 3.28. The van der Waals surface area contributed by atoms with Crippen molar-refractivity contribution in [1.29, 1.82) is 5.26 Å². The predicted octanol–water partition coefficient (Wildman–Crippen LogP) is 0.870. The largest absolute Gasteiger partial charge is 0.481 e. The smallest absolute Gasteiger partial charge is 0.305 e. The molecule has 0 saturated heterocycles. The minimum absolute atomic E-state index is 0.183. The standard InChI is InChI=1S/C7H5N3O3/c1-13-7-3-2-6(10(11)12)5(4-8)9-7/h2-3H,1H3. The zero-order chi connectivity index (χ0) is 9.84. The van der Waals surface area contributed by atoms with Crippen molar-refractivity contribution in [1.82, 2.24) is 4.98 Å². The molecular formula is C7H5N3O3. The van der Waals surface area contributed by atoms with Gasteiger partial charge in [0.05, 0.1) is 12.0 Å². The van der Waals surface area contributed by atoms with E-state index in [1.165, 1.54) is 19.2 Å². The molecule has 0 N–H and O–H groups in total. The Kier molecular flexibility index (Phi) is 2.40. The average molecular weight is 179 g/mol. The minimum Gasteiger partial charge on any atom is -0.481 e. The molecule has 1 aromatic rings. The van der Waals surface area contributed by atoms with Gasteiger partial charge >= 0.3 is 5.69 Å². The Hall–Kier alpha value is -2.16. The molecule has 1 aromatic heterocycles. The average Bonchev–Trinajstić information content (AvgIpc) is 2.16. The third kappa shape index (κ3) is 1.70. The summed E-state index contributed by atoms with van der Waals surface area (Å²) in [5.41, 5.74) is -0.562. The Morgan fingerprint density at radius 1 is 1.69 bits per heavy atom. The molecule has 13 heavy (non-hydrogen) atoms. The number of nitro groups is 1. The van der Waals surface area contributed by atoms with Gasteiger partial charge in [-0.15, -0.1) is 0 Å². The van der Waals surface area contributed by atoms with Crippen molar-refractivity contribution in [3.8, 4) is 11.9 Å². The topological polar surface area (TPSA) is 89.0 Å². The summed E-state index contributed by atoms with van der Waals surface area (Å²) in [6.45, 7) is 0. The van der Waals surface area contributed by atoms with Crippen molar-refractivity contribution < 1.29 is 9.66 Å². The lowest BCUT2D eigenvalue weighted by molar-refractivity contribution is -0.385. The van der Waals surface area contributed by atoms with Crippen LogP contribution in [0.15, 0.2) is 12.1 Å². The van der Waals surface area contributed by atoms with Crippen LogP contribution in [-0.4, -0.2) is 17.0 Å². The van der Waals surface area contributed by atoms with Crippen LogP contribution in [0.3, 0.4) is 0 Å². The van der Waals surface area contributed by atoms with Crippen LogP contribution in [0.1, 0.15) is 5.69 Å². The van der Waals surface area contributed by atoms with Gasteiger partial charge in [-0.1, -0.05) is 0 Å². The van der Waals surface area contributed by atoms with Crippen LogP contribution in [0.2, 0.25) is 0 Å². The van der Waals surface area contributed by atoms with Crippen molar-refractivity contribution in [2.45, 2.75) is 0 Å². The molecule has 6 nitrogen and oxygen atoms in total. The normalized spacial score (nSPS) is 8.92. The molecule has 6 heteroatoms. The molecule has 0 amide bonds. The van der Waals surface area contributed by atoms with E-state index in [2.05, 4.69) is 4.98 Å². The van der Waals surface area contributed by atoms with Crippen LogP contribution < -0.4 is 4.74 Å². The summed E-state index contributed by atoms with van der Waals surface area (Å²) in [6, 6.07) is 4.14. The maximum atomic E-state index is 10.4. The molecule has 0 fully saturated rings. The predicted molar refractivity (Wildman–Crippen MR) is 42.2 cm³/mol. The number of hydrogen-bond acceptors (Lipinski definition) is 5. The van der Waals surface area contributed by atoms with E-state index >= 15 is 0 Å². The molecule has 0 radical (unpaired) electrons. The highest BCUT2D eigenvalue weighted by atomic mass is 16.6. The molecule has 66 valence electrons.